The van der Waals surface area contributed by atoms with Gasteiger partial charge >= 0.3 is 0 Å². The van der Waals surface area contributed by atoms with Crippen LogP contribution in [0.1, 0.15) is 25.0 Å². The summed E-state index contributed by atoms with van der Waals surface area (Å²) in [4.78, 5) is 4.78. The summed E-state index contributed by atoms with van der Waals surface area (Å²) in [5.41, 5.74) is 1.23. The van der Waals surface area contributed by atoms with Crippen LogP contribution in [0.5, 0.6) is 0 Å². The number of nitrogens with zero attached hydrogens (tertiary/aromatic N) is 5. The molecule has 120 valence electrons. The Hall–Kier alpha value is -1.42. The molecule has 0 spiro atoms. The van der Waals surface area contributed by atoms with E-state index in [2.05, 4.69) is 31.7 Å². The minimum Gasteiger partial charge on any atom is -0.385 e. The first-order valence-corrected chi connectivity index (χ1v) is 8.19. The van der Waals surface area contributed by atoms with E-state index in [1.807, 2.05) is 6.20 Å². The highest BCUT2D eigenvalue weighted by Crippen LogP contribution is 2.30. The molecule has 1 aliphatic carbocycles. The molecule has 1 unspecified atom stereocenters. The summed E-state index contributed by atoms with van der Waals surface area (Å²) in [6.07, 6.45) is 5.38. The number of hydrogen-bond donors (Lipinski definition) is 0. The summed E-state index contributed by atoms with van der Waals surface area (Å²) in [5, 5.41) is 13.8. The number of hydrogen-bond acceptors (Lipinski definition) is 5. The van der Waals surface area contributed by atoms with Gasteiger partial charge in [-0.05, 0) is 25.3 Å². The number of aromatic nitrogens is 2. The Bertz CT molecular complexity index is 519. The molecule has 0 N–H and O–H groups in total. The zero-order valence-corrected chi connectivity index (χ0v) is 13.3. The van der Waals surface area contributed by atoms with E-state index in [1.165, 1.54) is 18.5 Å². The molecule has 1 saturated heterocycles. The molecule has 1 aromatic rings. The molecule has 1 aliphatic heterocycles. The number of methoxy groups -OCH3 is 1. The van der Waals surface area contributed by atoms with E-state index in [1.54, 1.807) is 7.11 Å². The van der Waals surface area contributed by atoms with Crippen LogP contribution >= 0.6 is 0 Å². The monoisotopic (exact) mass is 303 g/mol. The van der Waals surface area contributed by atoms with Gasteiger partial charge in [0.25, 0.3) is 0 Å². The van der Waals surface area contributed by atoms with Crippen molar-refractivity contribution in [3.63, 3.8) is 0 Å². The minimum absolute atomic E-state index is 0.0473. The van der Waals surface area contributed by atoms with Gasteiger partial charge in [-0.25, -0.2) is 0 Å². The Morgan fingerprint density at radius 3 is 3.00 bits per heavy atom. The van der Waals surface area contributed by atoms with E-state index < -0.39 is 0 Å². The van der Waals surface area contributed by atoms with E-state index >= 15 is 0 Å². The molecule has 22 heavy (non-hydrogen) atoms. The zero-order valence-electron chi connectivity index (χ0n) is 13.3. The number of nitriles is 1. The van der Waals surface area contributed by atoms with Crippen molar-refractivity contribution in [3.05, 3.63) is 18.0 Å². The Morgan fingerprint density at radius 1 is 1.41 bits per heavy atom. The van der Waals surface area contributed by atoms with Crippen LogP contribution in [-0.2, 0) is 17.8 Å². The van der Waals surface area contributed by atoms with Crippen molar-refractivity contribution in [2.45, 2.75) is 44.4 Å². The van der Waals surface area contributed by atoms with Gasteiger partial charge in [-0.15, -0.1) is 0 Å². The van der Waals surface area contributed by atoms with Gasteiger partial charge in [-0.2, -0.15) is 10.4 Å². The lowest BCUT2D eigenvalue weighted by Crippen LogP contribution is -2.53. The summed E-state index contributed by atoms with van der Waals surface area (Å²) < 4.78 is 7.17. The zero-order chi connectivity index (χ0) is 15.4. The van der Waals surface area contributed by atoms with Crippen molar-refractivity contribution in [3.8, 4) is 6.07 Å². The molecule has 2 aliphatic rings. The van der Waals surface area contributed by atoms with Crippen molar-refractivity contribution in [1.82, 2.24) is 19.6 Å². The largest absolute Gasteiger partial charge is 0.385 e. The Balaban J connectivity index is 1.55. The summed E-state index contributed by atoms with van der Waals surface area (Å²) in [7, 11) is 1.73. The molecule has 0 radical (unpaired) electrons. The fourth-order valence-electron chi connectivity index (χ4n) is 3.24. The standard InChI is InChI=1S/C16H25N5O/c1-22-10-2-7-21-15(5-6-18-21)12-19-8-9-20(14-3-4-14)16(11-17)13-19/h5-6,14,16H,2-4,7-10,12-13H2,1H3. The van der Waals surface area contributed by atoms with Gasteiger partial charge in [0.1, 0.15) is 6.04 Å². The van der Waals surface area contributed by atoms with Crippen molar-refractivity contribution < 1.29 is 4.74 Å². The second-order valence-electron chi connectivity index (χ2n) is 6.24. The molecular formula is C16H25N5O. The number of rotatable bonds is 7. The van der Waals surface area contributed by atoms with Crippen LogP contribution in [0.25, 0.3) is 0 Å². The second kappa shape index (κ2) is 7.23. The predicted octanol–water partition coefficient (Wildman–Crippen LogP) is 1.09. The first kappa shape index (κ1) is 15.5. The highest BCUT2D eigenvalue weighted by molar-refractivity contribution is 5.05. The summed E-state index contributed by atoms with van der Waals surface area (Å²) in [6.45, 7) is 5.42. The van der Waals surface area contributed by atoms with E-state index in [-0.39, 0.29) is 6.04 Å². The third-order valence-corrected chi connectivity index (χ3v) is 4.58. The van der Waals surface area contributed by atoms with E-state index in [0.29, 0.717) is 6.04 Å². The smallest absolute Gasteiger partial charge is 0.111 e. The van der Waals surface area contributed by atoms with Gasteiger partial charge in [0.15, 0.2) is 0 Å². The third-order valence-electron chi connectivity index (χ3n) is 4.58. The molecule has 1 saturated carbocycles. The molecule has 0 bridgehead atoms. The summed E-state index contributed by atoms with van der Waals surface area (Å²) in [6, 6.07) is 5.29. The first-order chi connectivity index (χ1) is 10.8. The van der Waals surface area contributed by atoms with Gasteiger partial charge in [0.2, 0.25) is 0 Å². The first-order valence-electron chi connectivity index (χ1n) is 8.19. The summed E-state index contributed by atoms with van der Waals surface area (Å²) >= 11 is 0. The van der Waals surface area contributed by atoms with E-state index in [9.17, 15) is 5.26 Å². The van der Waals surface area contributed by atoms with Crippen LogP contribution in [0.15, 0.2) is 12.3 Å². The van der Waals surface area contributed by atoms with E-state index in [0.717, 1.165) is 45.8 Å². The third kappa shape index (κ3) is 3.67. The van der Waals surface area contributed by atoms with Gasteiger partial charge < -0.3 is 4.74 Å². The molecule has 6 nitrogen and oxygen atoms in total. The Kier molecular flexibility index (Phi) is 5.08. The maximum Gasteiger partial charge on any atom is 0.111 e. The number of piperazine rings is 1. The van der Waals surface area contributed by atoms with E-state index in [4.69, 9.17) is 4.74 Å². The van der Waals surface area contributed by atoms with Crippen LogP contribution in [0.3, 0.4) is 0 Å². The summed E-state index contributed by atoms with van der Waals surface area (Å²) in [5.74, 6) is 0. The quantitative estimate of drug-likeness (QED) is 0.706. The minimum atomic E-state index is 0.0473. The van der Waals surface area contributed by atoms with Crippen LogP contribution in [0.4, 0.5) is 0 Å². The van der Waals surface area contributed by atoms with Crippen LogP contribution in [0, 0.1) is 11.3 Å². The molecule has 1 atom stereocenters. The van der Waals surface area contributed by atoms with Crippen LogP contribution in [-0.4, -0.2) is 65.0 Å². The maximum atomic E-state index is 9.43. The van der Waals surface area contributed by atoms with Crippen molar-refractivity contribution in [2.75, 3.05) is 33.4 Å². The van der Waals surface area contributed by atoms with Crippen molar-refractivity contribution in [2.24, 2.45) is 0 Å². The normalized spacial score (nSPS) is 23.5. The highest BCUT2D eigenvalue weighted by Gasteiger charge is 2.37. The Labute approximate surface area is 132 Å². The van der Waals surface area contributed by atoms with Gasteiger partial charge in [-0.1, -0.05) is 0 Å². The molecule has 3 rings (SSSR count). The topological polar surface area (TPSA) is 57.3 Å². The molecular weight excluding hydrogens is 278 g/mol. The van der Waals surface area contributed by atoms with Crippen LogP contribution in [0.2, 0.25) is 0 Å². The fourth-order valence-corrected chi connectivity index (χ4v) is 3.24. The second-order valence-corrected chi connectivity index (χ2v) is 6.24. The molecule has 0 amide bonds. The van der Waals surface area contributed by atoms with Gasteiger partial charge in [0.05, 0.1) is 11.8 Å². The molecule has 1 aromatic heterocycles. The van der Waals surface area contributed by atoms with Gasteiger partial charge in [0, 0.05) is 58.7 Å². The Morgan fingerprint density at radius 2 is 2.27 bits per heavy atom. The van der Waals surface area contributed by atoms with Crippen molar-refractivity contribution >= 4 is 0 Å². The molecule has 2 fully saturated rings. The molecule has 6 heteroatoms. The molecule has 2 heterocycles. The predicted molar refractivity (Wildman–Crippen MR) is 83.1 cm³/mol. The lowest BCUT2D eigenvalue weighted by molar-refractivity contribution is 0.0877. The lowest BCUT2D eigenvalue weighted by atomic mass is 10.1. The maximum absolute atomic E-state index is 9.43. The average molecular weight is 303 g/mol. The number of ether oxygens (including phenoxy) is 1. The average Bonchev–Trinajstić information content (AvgIpc) is 3.29. The fraction of sp³-hybridized carbons (Fsp3) is 0.750. The van der Waals surface area contributed by atoms with Crippen LogP contribution < -0.4 is 0 Å². The lowest BCUT2D eigenvalue weighted by Gasteiger charge is -2.38. The molecule has 0 aromatic carbocycles. The number of aryl methyl sites for hydroxylation is 1. The highest BCUT2D eigenvalue weighted by atomic mass is 16.5. The van der Waals surface area contributed by atoms with Gasteiger partial charge in [-0.3, -0.25) is 14.5 Å². The van der Waals surface area contributed by atoms with Crippen molar-refractivity contribution in [1.29, 1.82) is 5.26 Å². The SMILES string of the molecule is COCCCn1nccc1CN1CCN(C2CC2)C(C#N)C1.